The molecular formula is C14H26N2O. The highest BCUT2D eigenvalue weighted by Gasteiger charge is 2.21. The minimum atomic E-state index is 0.250. The van der Waals surface area contributed by atoms with Gasteiger partial charge in [0, 0.05) is 13.0 Å². The minimum absolute atomic E-state index is 0.250. The molecule has 1 aliphatic heterocycles. The first-order valence-electron chi connectivity index (χ1n) is 7.21. The lowest BCUT2D eigenvalue weighted by Crippen LogP contribution is -2.44. The number of rotatable bonds is 5. The second-order valence-electron chi connectivity index (χ2n) is 6.00. The molecule has 0 radical (unpaired) electrons. The van der Waals surface area contributed by atoms with Gasteiger partial charge in [-0.15, -0.1) is 0 Å². The topological polar surface area (TPSA) is 41.1 Å². The first kappa shape index (κ1) is 12.9. The van der Waals surface area contributed by atoms with Gasteiger partial charge >= 0.3 is 0 Å². The molecule has 2 rings (SSSR count). The molecule has 2 N–H and O–H groups in total. The van der Waals surface area contributed by atoms with Gasteiger partial charge in [-0.05, 0) is 43.7 Å². The van der Waals surface area contributed by atoms with E-state index < -0.39 is 0 Å². The normalized spacial score (nSPS) is 29.7. The Kier molecular flexibility index (Phi) is 4.84. The molecule has 3 heteroatoms. The smallest absolute Gasteiger partial charge is 0.220 e. The zero-order chi connectivity index (χ0) is 12.1. The average molecular weight is 238 g/mol. The van der Waals surface area contributed by atoms with Crippen molar-refractivity contribution in [2.45, 2.75) is 45.4 Å². The second-order valence-corrected chi connectivity index (χ2v) is 6.00. The maximum atomic E-state index is 11.6. The molecule has 2 unspecified atom stereocenters. The van der Waals surface area contributed by atoms with E-state index in [1.165, 1.54) is 32.1 Å². The standard InChI is InChI=1S/C14H26N2O/c1-11-3-2-4-12(7-11)5-6-16-14(17)8-13-9-15-10-13/h11-13,15H,2-10H2,1H3,(H,16,17). The lowest BCUT2D eigenvalue weighted by Gasteiger charge is -2.28. The number of nitrogens with one attached hydrogen (secondary N) is 2. The Morgan fingerprint density at radius 2 is 2.12 bits per heavy atom. The molecule has 0 aromatic rings. The van der Waals surface area contributed by atoms with E-state index in [2.05, 4.69) is 17.6 Å². The van der Waals surface area contributed by atoms with Crippen molar-refractivity contribution in [1.82, 2.24) is 10.6 Å². The Hall–Kier alpha value is -0.570. The summed E-state index contributed by atoms with van der Waals surface area (Å²) in [6.07, 6.45) is 7.41. The van der Waals surface area contributed by atoms with Crippen LogP contribution >= 0.6 is 0 Å². The maximum Gasteiger partial charge on any atom is 0.220 e. The summed E-state index contributed by atoms with van der Waals surface area (Å²) < 4.78 is 0. The quantitative estimate of drug-likeness (QED) is 0.768. The molecule has 2 fully saturated rings. The van der Waals surface area contributed by atoms with Gasteiger partial charge in [0.15, 0.2) is 0 Å². The van der Waals surface area contributed by atoms with Crippen molar-refractivity contribution in [3.8, 4) is 0 Å². The van der Waals surface area contributed by atoms with Gasteiger partial charge in [-0.3, -0.25) is 4.79 Å². The van der Waals surface area contributed by atoms with Crippen molar-refractivity contribution in [2.24, 2.45) is 17.8 Å². The zero-order valence-corrected chi connectivity index (χ0v) is 11.0. The van der Waals surface area contributed by atoms with Gasteiger partial charge in [-0.2, -0.15) is 0 Å². The van der Waals surface area contributed by atoms with Crippen LogP contribution in [0.5, 0.6) is 0 Å². The summed E-state index contributed by atoms with van der Waals surface area (Å²) in [5, 5.41) is 6.28. The van der Waals surface area contributed by atoms with Crippen molar-refractivity contribution >= 4 is 5.91 Å². The molecule has 0 spiro atoms. The summed E-state index contributed by atoms with van der Waals surface area (Å²) >= 11 is 0. The highest BCUT2D eigenvalue weighted by molar-refractivity contribution is 5.76. The van der Waals surface area contributed by atoms with Crippen LogP contribution in [0.15, 0.2) is 0 Å². The summed E-state index contributed by atoms with van der Waals surface area (Å²) in [6, 6.07) is 0. The van der Waals surface area contributed by atoms with Crippen molar-refractivity contribution in [3.63, 3.8) is 0 Å². The van der Waals surface area contributed by atoms with Crippen LogP contribution in [0.1, 0.15) is 45.4 Å². The lowest BCUT2D eigenvalue weighted by molar-refractivity contribution is -0.122. The predicted molar refractivity (Wildman–Crippen MR) is 69.7 cm³/mol. The summed E-state index contributed by atoms with van der Waals surface area (Å²) in [7, 11) is 0. The molecule has 2 atom stereocenters. The van der Waals surface area contributed by atoms with Gasteiger partial charge in [0.25, 0.3) is 0 Å². The van der Waals surface area contributed by atoms with E-state index in [1.807, 2.05) is 0 Å². The number of amides is 1. The lowest BCUT2D eigenvalue weighted by atomic mass is 9.81. The number of hydrogen-bond donors (Lipinski definition) is 2. The van der Waals surface area contributed by atoms with Gasteiger partial charge in [0.1, 0.15) is 0 Å². The van der Waals surface area contributed by atoms with Crippen LogP contribution in [-0.4, -0.2) is 25.5 Å². The largest absolute Gasteiger partial charge is 0.356 e. The van der Waals surface area contributed by atoms with Crippen LogP contribution in [0, 0.1) is 17.8 Å². The van der Waals surface area contributed by atoms with Crippen LogP contribution in [0.2, 0.25) is 0 Å². The third-order valence-electron chi connectivity index (χ3n) is 4.26. The van der Waals surface area contributed by atoms with Crippen molar-refractivity contribution < 1.29 is 4.79 Å². The third-order valence-corrected chi connectivity index (χ3v) is 4.26. The van der Waals surface area contributed by atoms with Crippen LogP contribution in [0.3, 0.4) is 0 Å². The monoisotopic (exact) mass is 238 g/mol. The fraction of sp³-hybridized carbons (Fsp3) is 0.929. The molecule has 2 aliphatic rings. The molecule has 1 aliphatic carbocycles. The number of hydrogen-bond acceptors (Lipinski definition) is 2. The first-order chi connectivity index (χ1) is 8.24. The van der Waals surface area contributed by atoms with E-state index in [0.717, 1.165) is 31.5 Å². The highest BCUT2D eigenvalue weighted by atomic mass is 16.1. The molecule has 17 heavy (non-hydrogen) atoms. The molecule has 98 valence electrons. The first-order valence-corrected chi connectivity index (χ1v) is 7.21. The zero-order valence-electron chi connectivity index (χ0n) is 11.0. The van der Waals surface area contributed by atoms with Crippen molar-refractivity contribution in [1.29, 1.82) is 0 Å². The Bertz CT molecular complexity index is 251. The fourth-order valence-corrected chi connectivity index (χ4v) is 3.06. The fourth-order valence-electron chi connectivity index (χ4n) is 3.06. The van der Waals surface area contributed by atoms with Gasteiger partial charge in [0.05, 0.1) is 0 Å². The van der Waals surface area contributed by atoms with E-state index in [1.54, 1.807) is 0 Å². The number of carbonyl (C=O) groups is 1. The molecular weight excluding hydrogens is 212 g/mol. The highest BCUT2D eigenvalue weighted by Crippen LogP contribution is 2.30. The Morgan fingerprint density at radius 1 is 1.29 bits per heavy atom. The summed E-state index contributed by atoms with van der Waals surface area (Å²) in [5.41, 5.74) is 0. The van der Waals surface area contributed by atoms with Crippen LogP contribution in [-0.2, 0) is 4.79 Å². The van der Waals surface area contributed by atoms with Crippen LogP contribution < -0.4 is 10.6 Å². The van der Waals surface area contributed by atoms with Crippen LogP contribution in [0.25, 0.3) is 0 Å². The predicted octanol–water partition coefficient (Wildman–Crippen LogP) is 1.93. The molecule has 3 nitrogen and oxygen atoms in total. The second kappa shape index (κ2) is 6.39. The van der Waals surface area contributed by atoms with Gasteiger partial charge < -0.3 is 10.6 Å². The van der Waals surface area contributed by atoms with E-state index in [4.69, 9.17) is 0 Å². The molecule has 0 bridgehead atoms. The summed E-state index contributed by atoms with van der Waals surface area (Å²) in [4.78, 5) is 11.6. The summed E-state index contributed by atoms with van der Waals surface area (Å²) in [6.45, 7) is 5.28. The number of carbonyl (C=O) groups excluding carboxylic acids is 1. The Labute approximate surface area is 105 Å². The molecule has 1 saturated heterocycles. The SMILES string of the molecule is CC1CCCC(CCNC(=O)CC2CNC2)C1. The van der Waals surface area contributed by atoms with E-state index in [0.29, 0.717) is 12.3 Å². The minimum Gasteiger partial charge on any atom is -0.356 e. The molecule has 0 aromatic heterocycles. The average Bonchev–Trinajstić information content (AvgIpc) is 2.24. The van der Waals surface area contributed by atoms with Gasteiger partial charge in [-0.1, -0.05) is 26.2 Å². The van der Waals surface area contributed by atoms with Crippen LogP contribution in [0.4, 0.5) is 0 Å². The van der Waals surface area contributed by atoms with Gasteiger partial charge in [-0.25, -0.2) is 0 Å². The molecule has 1 saturated carbocycles. The molecule has 1 amide bonds. The van der Waals surface area contributed by atoms with E-state index >= 15 is 0 Å². The Morgan fingerprint density at radius 3 is 2.76 bits per heavy atom. The third kappa shape index (κ3) is 4.30. The van der Waals surface area contributed by atoms with Crippen molar-refractivity contribution in [2.75, 3.05) is 19.6 Å². The molecule has 0 aromatic carbocycles. The Balaban J connectivity index is 1.53. The molecule has 1 heterocycles. The maximum absolute atomic E-state index is 11.6. The summed E-state index contributed by atoms with van der Waals surface area (Å²) in [5.74, 6) is 2.58. The van der Waals surface area contributed by atoms with Gasteiger partial charge in [0.2, 0.25) is 5.91 Å². The van der Waals surface area contributed by atoms with E-state index in [9.17, 15) is 4.79 Å². The van der Waals surface area contributed by atoms with Crippen molar-refractivity contribution in [3.05, 3.63) is 0 Å². The van der Waals surface area contributed by atoms with E-state index in [-0.39, 0.29) is 5.91 Å².